The Morgan fingerprint density at radius 3 is 2.42 bits per heavy atom. The van der Waals surface area contributed by atoms with E-state index >= 15 is 0 Å². The van der Waals surface area contributed by atoms with Crippen molar-refractivity contribution in [3.05, 3.63) is 34.4 Å². The highest BCUT2D eigenvalue weighted by molar-refractivity contribution is 9.10. The van der Waals surface area contributed by atoms with Crippen molar-refractivity contribution in [2.75, 3.05) is 10.6 Å². The maximum atomic E-state index is 6.38. The van der Waals surface area contributed by atoms with Crippen LogP contribution in [0.25, 0.3) is 11.0 Å². The minimum atomic E-state index is 0.124. The molecule has 2 atom stereocenters. The van der Waals surface area contributed by atoms with Crippen molar-refractivity contribution in [1.82, 2.24) is 19.7 Å². The average molecular weight is 486 g/mol. The minimum Gasteiger partial charge on any atom is -0.350 e. The van der Waals surface area contributed by atoms with Crippen molar-refractivity contribution >= 4 is 44.4 Å². The van der Waals surface area contributed by atoms with Gasteiger partial charge in [-0.05, 0) is 56.9 Å². The van der Waals surface area contributed by atoms with E-state index in [-0.39, 0.29) is 24.0 Å². The lowest BCUT2D eigenvalue weighted by Crippen LogP contribution is -2.43. The molecule has 1 saturated carbocycles. The third-order valence-corrected chi connectivity index (χ3v) is 6.38. The summed E-state index contributed by atoms with van der Waals surface area (Å²) in [4.78, 5) is 9.84. The maximum Gasteiger partial charge on any atom is 0.225 e. The van der Waals surface area contributed by atoms with E-state index in [9.17, 15) is 0 Å². The van der Waals surface area contributed by atoms with Gasteiger partial charge in [0.2, 0.25) is 5.95 Å². The molecule has 1 fully saturated rings. The largest absolute Gasteiger partial charge is 0.350 e. The number of fused-ring (bicyclic) bond motifs is 1. The van der Waals surface area contributed by atoms with Crippen molar-refractivity contribution in [3.8, 4) is 0 Å². The van der Waals surface area contributed by atoms with E-state index in [1.54, 1.807) is 0 Å². The summed E-state index contributed by atoms with van der Waals surface area (Å²) in [6.07, 6.45) is 4.45. The molecule has 0 spiro atoms. The van der Waals surface area contributed by atoms with Gasteiger partial charge in [-0.15, -0.1) is 0 Å². The average Bonchev–Trinajstić information content (AvgIpc) is 3.12. The van der Waals surface area contributed by atoms with Gasteiger partial charge in [-0.2, -0.15) is 10.1 Å². The topological polar surface area (TPSA) is 93.7 Å². The van der Waals surface area contributed by atoms with E-state index in [2.05, 4.69) is 54.3 Å². The van der Waals surface area contributed by atoms with Crippen molar-refractivity contribution < 1.29 is 0 Å². The molecule has 1 aliphatic rings. The number of nitrogens with one attached hydrogen (secondary N) is 2. The summed E-state index contributed by atoms with van der Waals surface area (Å²) in [5.74, 6) is 1.62. The molecule has 3 aromatic rings. The van der Waals surface area contributed by atoms with E-state index < -0.39 is 0 Å². The van der Waals surface area contributed by atoms with Crippen LogP contribution in [-0.4, -0.2) is 31.8 Å². The molecule has 166 valence electrons. The van der Waals surface area contributed by atoms with Crippen LogP contribution in [0.1, 0.15) is 71.0 Å². The zero-order chi connectivity index (χ0) is 22.1. The Hall–Kier alpha value is -2.19. The number of hydrogen-bond acceptors (Lipinski definition) is 6. The summed E-state index contributed by atoms with van der Waals surface area (Å²) in [5, 5.41) is 12.0. The smallest absolute Gasteiger partial charge is 0.225 e. The van der Waals surface area contributed by atoms with Crippen molar-refractivity contribution in [2.24, 2.45) is 5.73 Å². The monoisotopic (exact) mass is 485 g/mol. The lowest BCUT2D eigenvalue weighted by atomic mass is 9.91. The molecule has 0 amide bonds. The fraction of sp³-hybridized carbons (Fsp3) is 0.522. The first kappa shape index (κ1) is 22.0. The Kier molecular flexibility index (Phi) is 6.48. The van der Waals surface area contributed by atoms with Crippen molar-refractivity contribution in [2.45, 2.75) is 77.4 Å². The van der Waals surface area contributed by atoms with Gasteiger partial charge in [0.05, 0.1) is 5.69 Å². The molecule has 2 aromatic heterocycles. The number of rotatable bonds is 6. The summed E-state index contributed by atoms with van der Waals surface area (Å²) in [7, 11) is 0. The van der Waals surface area contributed by atoms with Crippen molar-refractivity contribution in [3.63, 3.8) is 0 Å². The van der Waals surface area contributed by atoms with Gasteiger partial charge in [0.25, 0.3) is 0 Å². The molecule has 0 bridgehead atoms. The normalized spacial score (nSPS) is 19.4. The molecule has 2 heterocycles. The number of anilines is 3. The highest BCUT2D eigenvalue weighted by Gasteiger charge is 2.25. The Balaban J connectivity index is 1.83. The van der Waals surface area contributed by atoms with Crippen LogP contribution in [0.3, 0.4) is 0 Å². The van der Waals surface area contributed by atoms with Crippen LogP contribution in [0.2, 0.25) is 0 Å². The fourth-order valence-electron chi connectivity index (χ4n) is 4.15. The van der Waals surface area contributed by atoms with Gasteiger partial charge in [-0.25, -0.2) is 4.98 Å². The molecule has 0 saturated heterocycles. The van der Waals surface area contributed by atoms with E-state index in [1.165, 1.54) is 12.8 Å². The number of nitrogens with two attached hydrogens (primary N) is 1. The zero-order valence-electron chi connectivity index (χ0n) is 18.7. The molecule has 31 heavy (non-hydrogen) atoms. The first-order chi connectivity index (χ1) is 14.8. The van der Waals surface area contributed by atoms with Crippen LogP contribution < -0.4 is 16.4 Å². The van der Waals surface area contributed by atoms with E-state index in [1.807, 2.05) is 28.9 Å². The molecular formula is C23H32BrN7. The number of hydrogen-bond donors (Lipinski definition) is 3. The van der Waals surface area contributed by atoms with Gasteiger partial charge >= 0.3 is 0 Å². The lowest BCUT2D eigenvalue weighted by molar-refractivity contribution is 0.402. The molecule has 7 nitrogen and oxygen atoms in total. The minimum absolute atomic E-state index is 0.124. The number of nitrogens with zero attached hydrogens (tertiary/aromatic N) is 4. The molecule has 4 N–H and O–H groups in total. The van der Waals surface area contributed by atoms with Crippen LogP contribution in [0, 0.1) is 0 Å². The summed E-state index contributed by atoms with van der Waals surface area (Å²) >= 11 is 3.50. The standard InChI is InChI=1S/C23H32BrN7/c1-13(2)19-20-21(31(30-19)14(3)4)22(26-16-11-9-15(24)10-12-16)29-23(28-20)27-18-8-6-5-7-17(18)25/h9-14,17-18H,5-8,25H2,1-4H3,(H2,26,27,28,29). The van der Waals surface area contributed by atoms with Crippen molar-refractivity contribution in [1.29, 1.82) is 0 Å². The highest BCUT2D eigenvalue weighted by atomic mass is 79.9. The van der Waals surface area contributed by atoms with Crippen LogP contribution >= 0.6 is 15.9 Å². The Bertz CT molecular complexity index is 1040. The van der Waals surface area contributed by atoms with Gasteiger partial charge in [0.1, 0.15) is 11.0 Å². The summed E-state index contributed by atoms with van der Waals surface area (Å²) in [6, 6.07) is 8.59. The van der Waals surface area contributed by atoms with Gasteiger partial charge < -0.3 is 16.4 Å². The number of aromatic nitrogens is 4. The van der Waals surface area contributed by atoms with Crippen LogP contribution in [-0.2, 0) is 0 Å². The van der Waals surface area contributed by atoms with Gasteiger partial charge in [0.15, 0.2) is 5.82 Å². The maximum absolute atomic E-state index is 6.38. The van der Waals surface area contributed by atoms with Gasteiger partial charge in [0, 0.05) is 28.3 Å². The van der Waals surface area contributed by atoms with Crippen LogP contribution in [0.4, 0.5) is 17.5 Å². The lowest BCUT2D eigenvalue weighted by Gasteiger charge is -2.29. The van der Waals surface area contributed by atoms with Gasteiger partial charge in [-0.1, -0.05) is 42.6 Å². The summed E-state index contributed by atoms with van der Waals surface area (Å²) in [6.45, 7) is 8.57. The summed E-state index contributed by atoms with van der Waals surface area (Å²) < 4.78 is 3.07. The Morgan fingerprint density at radius 2 is 1.77 bits per heavy atom. The fourth-order valence-corrected chi connectivity index (χ4v) is 4.42. The second-order valence-corrected chi connectivity index (χ2v) is 9.92. The molecule has 1 aromatic carbocycles. The molecular weight excluding hydrogens is 454 g/mol. The van der Waals surface area contributed by atoms with E-state index in [4.69, 9.17) is 20.8 Å². The second kappa shape index (κ2) is 9.12. The molecule has 2 unspecified atom stereocenters. The third kappa shape index (κ3) is 4.70. The zero-order valence-corrected chi connectivity index (χ0v) is 20.3. The third-order valence-electron chi connectivity index (χ3n) is 5.85. The molecule has 8 heteroatoms. The number of benzene rings is 1. The molecule has 1 aliphatic carbocycles. The van der Waals surface area contributed by atoms with Crippen LogP contribution in [0.5, 0.6) is 0 Å². The quantitative estimate of drug-likeness (QED) is 0.413. The Labute approximate surface area is 192 Å². The van der Waals surface area contributed by atoms with Gasteiger partial charge in [-0.3, -0.25) is 4.68 Å². The summed E-state index contributed by atoms with van der Waals surface area (Å²) in [5.41, 5.74) is 10.2. The number of halogens is 1. The predicted octanol–water partition coefficient (Wildman–Crippen LogP) is 5.72. The molecule has 4 rings (SSSR count). The molecule has 0 aliphatic heterocycles. The highest BCUT2D eigenvalue weighted by Crippen LogP contribution is 2.33. The Morgan fingerprint density at radius 1 is 1.06 bits per heavy atom. The van der Waals surface area contributed by atoms with Crippen LogP contribution in [0.15, 0.2) is 28.7 Å². The predicted molar refractivity (Wildman–Crippen MR) is 131 cm³/mol. The molecule has 0 radical (unpaired) electrons. The first-order valence-corrected chi connectivity index (χ1v) is 12.0. The SMILES string of the molecule is CC(C)c1nn(C(C)C)c2c(Nc3ccc(Br)cc3)nc(NC3CCCCC3N)nc12. The first-order valence-electron chi connectivity index (χ1n) is 11.2. The second-order valence-electron chi connectivity index (χ2n) is 9.00. The van der Waals surface area contributed by atoms with E-state index in [0.717, 1.165) is 45.5 Å². The van der Waals surface area contributed by atoms with E-state index in [0.29, 0.717) is 5.95 Å².